The van der Waals surface area contributed by atoms with E-state index in [0.717, 1.165) is 37.2 Å². The minimum absolute atomic E-state index is 0.0658. The summed E-state index contributed by atoms with van der Waals surface area (Å²) < 4.78 is 0. The van der Waals surface area contributed by atoms with E-state index in [0.29, 0.717) is 16.8 Å². The lowest BCUT2D eigenvalue weighted by atomic mass is 10.1. The van der Waals surface area contributed by atoms with E-state index in [2.05, 4.69) is 10.6 Å². The molecule has 0 aliphatic carbocycles. The molecule has 1 heterocycles. The molecule has 158 valence electrons. The molecule has 1 aliphatic rings. The van der Waals surface area contributed by atoms with Crippen molar-refractivity contribution in [3.05, 3.63) is 59.2 Å². The summed E-state index contributed by atoms with van der Waals surface area (Å²) in [7, 11) is 3.39. The van der Waals surface area contributed by atoms with Crippen LogP contribution in [0.4, 0.5) is 11.4 Å². The highest BCUT2D eigenvalue weighted by Gasteiger charge is 2.19. The molecule has 2 N–H and O–H groups in total. The molecule has 0 radical (unpaired) electrons. The van der Waals surface area contributed by atoms with Crippen molar-refractivity contribution >= 4 is 29.1 Å². The Hall–Kier alpha value is -3.35. The average molecular weight is 409 g/mol. The number of anilines is 2. The van der Waals surface area contributed by atoms with Gasteiger partial charge in [0.15, 0.2) is 0 Å². The van der Waals surface area contributed by atoms with Gasteiger partial charge in [0.2, 0.25) is 5.91 Å². The van der Waals surface area contributed by atoms with Crippen LogP contribution in [0.15, 0.2) is 42.5 Å². The molecule has 7 nitrogen and oxygen atoms in total. The molecule has 0 atom stereocenters. The van der Waals surface area contributed by atoms with Crippen molar-refractivity contribution in [2.75, 3.05) is 44.4 Å². The van der Waals surface area contributed by atoms with Gasteiger partial charge in [-0.25, -0.2) is 0 Å². The Morgan fingerprint density at radius 3 is 2.20 bits per heavy atom. The molecular weight excluding hydrogens is 380 g/mol. The Bertz CT molecular complexity index is 932. The van der Waals surface area contributed by atoms with Crippen molar-refractivity contribution in [1.82, 2.24) is 9.80 Å². The minimum atomic E-state index is -0.196. The number of carbonyl (C=O) groups is 3. The summed E-state index contributed by atoms with van der Waals surface area (Å²) in [5, 5.41) is 5.92. The summed E-state index contributed by atoms with van der Waals surface area (Å²) in [6, 6.07) is 12.3. The molecule has 0 aromatic heterocycles. The maximum absolute atomic E-state index is 12.5. The minimum Gasteiger partial charge on any atom is -0.376 e. The number of carbonyl (C=O) groups excluding carboxylic acids is 3. The van der Waals surface area contributed by atoms with Crippen LogP contribution in [0.3, 0.4) is 0 Å². The van der Waals surface area contributed by atoms with Gasteiger partial charge in [0.25, 0.3) is 11.8 Å². The van der Waals surface area contributed by atoms with E-state index >= 15 is 0 Å². The normalized spacial score (nSPS) is 13.1. The molecule has 1 fully saturated rings. The fraction of sp³-hybridized carbons (Fsp3) is 0.348. The standard InChI is InChI=1S/C23H28N4O3/c1-16-14-18(23(30)27-12-4-5-13-27)8-11-20(16)24-15-21(28)25-19-9-6-17(7-10-19)22(29)26(2)3/h6-11,14,24H,4-5,12-13,15H2,1-3H3,(H,25,28). The molecule has 7 heteroatoms. The first-order chi connectivity index (χ1) is 14.3. The summed E-state index contributed by atoms with van der Waals surface area (Å²) >= 11 is 0. The molecule has 0 unspecified atom stereocenters. The van der Waals surface area contributed by atoms with Gasteiger partial charge in [-0.3, -0.25) is 14.4 Å². The van der Waals surface area contributed by atoms with Crippen LogP contribution >= 0.6 is 0 Å². The highest BCUT2D eigenvalue weighted by molar-refractivity contribution is 5.97. The third-order valence-corrected chi connectivity index (χ3v) is 5.13. The van der Waals surface area contributed by atoms with Crippen LogP contribution in [0, 0.1) is 6.92 Å². The third-order valence-electron chi connectivity index (χ3n) is 5.13. The zero-order valence-corrected chi connectivity index (χ0v) is 17.7. The Labute approximate surface area is 177 Å². The second-order valence-corrected chi connectivity index (χ2v) is 7.71. The molecule has 3 amide bonds. The largest absolute Gasteiger partial charge is 0.376 e. The summed E-state index contributed by atoms with van der Waals surface area (Å²) in [6.07, 6.45) is 2.13. The summed E-state index contributed by atoms with van der Waals surface area (Å²) in [5.41, 5.74) is 3.60. The molecule has 1 saturated heterocycles. The fourth-order valence-electron chi connectivity index (χ4n) is 3.43. The molecule has 2 aromatic carbocycles. The Morgan fingerprint density at radius 2 is 1.60 bits per heavy atom. The number of rotatable bonds is 6. The van der Waals surface area contributed by atoms with Crippen molar-refractivity contribution in [3.8, 4) is 0 Å². The van der Waals surface area contributed by atoms with Crippen LogP contribution in [0.2, 0.25) is 0 Å². The van der Waals surface area contributed by atoms with Gasteiger partial charge in [-0.15, -0.1) is 0 Å². The molecule has 1 aliphatic heterocycles. The van der Waals surface area contributed by atoms with Crippen LogP contribution in [0.1, 0.15) is 39.1 Å². The second kappa shape index (κ2) is 9.43. The fourth-order valence-corrected chi connectivity index (χ4v) is 3.43. The van der Waals surface area contributed by atoms with E-state index in [-0.39, 0.29) is 24.3 Å². The van der Waals surface area contributed by atoms with Gasteiger partial charge < -0.3 is 20.4 Å². The second-order valence-electron chi connectivity index (χ2n) is 7.71. The van der Waals surface area contributed by atoms with Crippen LogP contribution in [0.25, 0.3) is 0 Å². The van der Waals surface area contributed by atoms with E-state index in [4.69, 9.17) is 0 Å². The van der Waals surface area contributed by atoms with E-state index < -0.39 is 0 Å². The first kappa shape index (κ1) is 21.4. The number of likely N-dealkylation sites (tertiary alicyclic amines) is 1. The topological polar surface area (TPSA) is 81.8 Å². The van der Waals surface area contributed by atoms with Gasteiger partial charge in [0, 0.05) is 49.7 Å². The molecule has 2 aromatic rings. The SMILES string of the molecule is Cc1cc(C(=O)N2CCCC2)ccc1NCC(=O)Nc1ccc(C(=O)N(C)C)cc1. The number of amides is 3. The molecule has 30 heavy (non-hydrogen) atoms. The van der Waals surface area contributed by atoms with E-state index in [1.165, 1.54) is 4.90 Å². The molecule has 0 bridgehead atoms. The first-order valence-corrected chi connectivity index (χ1v) is 10.1. The zero-order valence-electron chi connectivity index (χ0n) is 17.7. The number of nitrogens with one attached hydrogen (secondary N) is 2. The molecular formula is C23H28N4O3. The lowest BCUT2D eigenvalue weighted by molar-refractivity contribution is -0.114. The number of hydrogen-bond acceptors (Lipinski definition) is 4. The van der Waals surface area contributed by atoms with Crippen molar-refractivity contribution in [1.29, 1.82) is 0 Å². The predicted octanol–water partition coefficient (Wildman–Crippen LogP) is 2.98. The van der Waals surface area contributed by atoms with Gasteiger partial charge in [0.05, 0.1) is 6.54 Å². The molecule has 0 saturated carbocycles. The maximum atomic E-state index is 12.5. The van der Waals surface area contributed by atoms with Crippen LogP contribution in [-0.2, 0) is 4.79 Å². The smallest absolute Gasteiger partial charge is 0.253 e. The lowest BCUT2D eigenvalue weighted by Crippen LogP contribution is -2.27. The summed E-state index contributed by atoms with van der Waals surface area (Å²) in [5.74, 6) is -0.217. The highest BCUT2D eigenvalue weighted by Crippen LogP contribution is 2.19. The zero-order chi connectivity index (χ0) is 21.7. The first-order valence-electron chi connectivity index (χ1n) is 10.1. The summed E-state index contributed by atoms with van der Waals surface area (Å²) in [4.78, 5) is 40.1. The average Bonchev–Trinajstić information content (AvgIpc) is 3.27. The maximum Gasteiger partial charge on any atom is 0.253 e. The van der Waals surface area contributed by atoms with Crippen LogP contribution in [0.5, 0.6) is 0 Å². The monoisotopic (exact) mass is 408 g/mol. The van der Waals surface area contributed by atoms with E-state index in [1.54, 1.807) is 44.4 Å². The Morgan fingerprint density at radius 1 is 0.967 bits per heavy atom. The van der Waals surface area contributed by atoms with Crippen molar-refractivity contribution < 1.29 is 14.4 Å². The van der Waals surface area contributed by atoms with Crippen LogP contribution < -0.4 is 10.6 Å². The number of aryl methyl sites for hydroxylation is 1. The van der Waals surface area contributed by atoms with Gasteiger partial charge in [-0.05, 0) is 67.8 Å². The molecule has 0 spiro atoms. The summed E-state index contributed by atoms with van der Waals surface area (Å²) in [6.45, 7) is 3.66. The Balaban J connectivity index is 1.54. The highest BCUT2D eigenvalue weighted by atomic mass is 16.2. The van der Waals surface area contributed by atoms with Gasteiger partial charge in [-0.1, -0.05) is 0 Å². The molecule has 3 rings (SSSR count). The van der Waals surface area contributed by atoms with Crippen molar-refractivity contribution in [2.45, 2.75) is 19.8 Å². The van der Waals surface area contributed by atoms with E-state index in [9.17, 15) is 14.4 Å². The van der Waals surface area contributed by atoms with Gasteiger partial charge in [-0.2, -0.15) is 0 Å². The quantitative estimate of drug-likeness (QED) is 0.770. The lowest BCUT2D eigenvalue weighted by Gasteiger charge is -2.17. The van der Waals surface area contributed by atoms with Gasteiger partial charge in [0.1, 0.15) is 0 Å². The van der Waals surface area contributed by atoms with Gasteiger partial charge >= 0.3 is 0 Å². The number of hydrogen-bond donors (Lipinski definition) is 2. The van der Waals surface area contributed by atoms with Crippen molar-refractivity contribution in [2.24, 2.45) is 0 Å². The third kappa shape index (κ3) is 5.17. The van der Waals surface area contributed by atoms with E-state index in [1.807, 2.05) is 24.0 Å². The predicted molar refractivity (Wildman–Crippen MR) is 118 cm³/mol. The van der Waals surface area contributed by atoms with Crippen molar-refractivity contribution in [3.63, 3.8) is 0 Å². The van der Waals surface area contributed by atoms with Crippen LogP contribution in [-0.4, -0.2) is 61.3 Å². The Kier molecular flexibility index (Phi) is 6.72. The number of nitrogens with zero attached hydrogens (tertiary/aromatic N) is 2. The number of benzene rings is 2.